The SMILES string of the molecule is Cl.Cn1ncc(Br)c1CN1CCCC(C(=O)NCCN)C1. The first-order valence-corrected chi connectivity index (χ1v) is 7.77. The number of aromatic nitrogens is 2. The standard InChI is InChI=1S/C13H22BrN5O.ClH/c1-18-12(11(14)7-17-18)9-19-6-2-3-10(8-19)13(20)16-5-4-15;/h7,10H,2-6,8-9,15H2,1H3,(H,16,20);1H. The van der Waals surface area contributed by atoms with Gasteiger partial charge in [0.25, 0.3) is 0 Å². The number of carbonyl (C=O) groups excluding carboxylic acids is 1. The first-order valence-electron chi connectivity index (χ1n) is 6.98. The maximum atomic E-state index is 12.0. The number of likely N-dealkylation sites (tertiary alicyclic amines) is 1. The Bertz CT molecular complexity index is 448. The quantitative estimate of drug-likeness (QED) is 0.795. The fourth-order valence-electron chi connectivity index (χ4n) is 2.58. The third-order valence-corrected chi connectivity index (χ3v) is 4.37. The van der Waals surface area contributed by atoms with Crippen molar-refractivity contribution in [2.45, 2.75) is 19.4 Å². The van der Waals surface area contributed by atoms with Crippen LogP contribution >= 0.6 is 28.3 Å². The minimum Gasteiger partial charge on any atom is -0.355 e. The van der Waals surface area contributed by atoms with Crippen molar-refractivity contribution >= 4 is 34.2 Å². The number of aryl methyl sites for hydroxylation is 1. The summed E-state index contributed by atoms with van der Waals surface area (Å²) in [6.45, 7) is 3.69. The molecule has 1 aromatic rings. The van der Waals surface area contributed by atoms with E-state index in [1.165, 1.54) is 0 Å². The van der Waals surface area contributed by atoms with Crippen LogP contribution in [0.1, 0.15) is 18.5 Å². The predicted octanol–water partition coefficient (Wildman–Crippen LogP) is 0.891. The molecule has 0 bridgehead atoms. The average molecular weight is 381 g/mol. The molecule has 120 valence electrons. The van der Waals surface area contributed by atoms with Crippen molar-refractivity contribution < 1.29 is 4.79 Å². The lowest BCUT2D eigenvalue weighted by Crippen LogP contribution is -2.43. The van der Waals surface area contributed by atoms with Gasteiger partial charge in [0.2, 0.25) is 5.91 Å². The summed E-state index contributed by atoms with van der Waals surface area (Å²) in [4.78, 5) is 14.3. The maximum absolute atomic E-state index is 12.0. The smallest absolute Gasteiger partial charge is 0.224 e. The van der Waals surface area contributed by atoms with Gasteiger partial charge in [0.05, 0.1) is 22.3 Å². The van der Waals surface area contributed by atoms with Gasteiger partial charge in [0.1, 0.15) is 0 Å². The van der Waals surface area contributed by atoms with Crippen molar-refractivity contribution in [3.8, 4) is 0 Å². The van der Waals surface area contributed by atoms with E-state index in [9.17, 15) is 4.79 Å². The van der Waals surface area contributed by atoms with Gasteiger partial charge in [-0.1, -0.05) is 0 Å². The molecule has 8 heteroatoms. The van der Waals surface area contributed by atoms with Crippen LogP contribution in [0.2, 0.25) is 0 Å². The molecule has 0 saturated carbocycles. The number of piperidine rings is 1. The molecule has 2 rings (SSSR count). The highest BCUT2D eigenvalue weighted by Gasteiger charge is 2.26. The number of rotatable bonds is 5. The number of nitrogens with two attached hydrogens (primary N) is 1. The molecule has 3 N–H and O–H groups in total. The Labute approximate surface area is 140 Å². The third kappa shape index (κ3) is 4.95. The number of nitrogens with one attached hydrogen (secondary N) is 1. The molecular weight excluding hydrogens is 358 g/mol. The lowest BCUT2D eigenvalue weighted by molar-refractivity contribution is -0.126. The topological polar surface area (TPSA) is 76.2 Å². The number of hydrogen-bond donors (Lipinski definition) is 2. The number of hydrogen-bond acceptors (Lipinski definition) is 4. The second-order valence-corrected chi connectivity index (χ2v) is 6.07. The van der Waals surface area contributed by atoms with E-state index in [1.54, 1.807) is 0 Å². The molecule has 1 atom stereocenters. The summed E-state index contributed by atoms with van der Waals surface area (Å²) in [6, 6.07) is 0. The summed E-state index contributed by atoms with van der Waals surface area (Å²) < 4.78 is 2.90. The number of halogens is 2. The van der Waals surface area contributed by atoms with Gasteiger partial charge in [-0.3, -0.25) is 14.4 Å². The van der Waals surface area contributed by atoms with Crippen molar-refractivity contribution in [1.29, 1.82) is 0 Å². The summed E-state index contributed by atoms with van der Waals surface area (Å²) >= 11 is 3.52. The zero-order chi connectivity index (χ0) is 14.5. The third-order valence-electron chi connectivity index (χ3n) is 3.70. The van der Waals surface area contributed by atoms with Crippen LogP contribution in [0.3, 0.4) is 0 Å². The van der Waals surface area contributed by atoms with Gasteiger partial charge in [-0.25, -0.2) is 0 Å². The molecule has 0 aliphatic carbocycles. The van der Waals surface area contributed by atoms with E-state index in [-0.39, 0.29) is 24.2 Å². The van der Waals surface area contributed by atoms with Crippen LogP contribution in [-0.4, -0.2) is 46.8 Å². The Morgan fingerprint density at radius 3 is 3.00 bits per heavy atom. The molecule has 2 heterocycles. The van der Waals surface area contributed by atoms with Crippen molar-refractivity contribution in [3.63, 3.8) is 0 Å². The number of nitrogens with zero attached hydrogens (tertiary/aromatic N) is 3. The van der Waals surface area contributed by atoms with Crippen LogP contribution in [0.5, 0.6) is 0 Å². The first-order chi connectivity index (χ1) is 9.61. The zero-order valence-electron chi connectivity index (χ0n) is 12.2. The van der Waals surface area contributed by atoms with Crippen molar-refractivity contribution in [2.24, 2.45) is 18.7 Å². The van der Waals surface area contributed by atoms with E-state index in [0.717, 1.165) is 42.6 Å². The average Bonchev–Trinajstić information content (AvgIpc) is 2.77. The van der Waals surface area contributed by atoms with Gasteiger partial charge in [-0.05, 0) is 35.3 Å². The van der Waals surface area contributed by atoms with E-state index >= 15 is 0 Å². The summed E-state index contributed by atoms with van der Waals surface area (Å²) in [5.74, 6) is 0.200. The molecule has 1 unspecified atom stereocenters. The lowest BCUT2D eigenvalue weighted by atomic mass is 9.97. The molecule has 1 aliphatic heterocycles. The van der Waals surface area contributed by atoms with Gasteiger partial charge in [0, 0.05) is 33.2 Å². The maximum Gasteiger partial charge on any atom is 0.224 e. The Hall–Kier alpha value is -0.630. The summed E-state index contributed by atoms with van der Waals surface area (Å²) in [6.07, 6.45) is 3.82. The van der Waals surface area contributed by atoms with E-state index in [2.05, 4.69) is 31.2 Å². The Kier molecular flexibility index (Phi) is 7.65. The largest absolute Gasteiger partial charge is 0.355 e. The van der Waals surface area contributed by atoms with Crippen molar-refractivity contribution in [2.75, 3.05) is 26.2 Å². The van der Waals surface area contributed by atoms with Crippen molar-refractivity contribution in [3.05, 3.63) is 16.4 Å². The molecule has 1 aliphatic rings. The van der Waals surface area contributed by atoms with Gasteiger partial charge < -0.3 is 11.1 Å². The van der Waals surface area contributed by atoms with Gasteiger partial charge in [-0.15, -0.1) is 12.4 Å². The molecule has 1 aromatic heterocycles. The fourth-order valence-corrected chi connectivity index (χ4v) is 3.05. The van der Waals surface area contributed by atoms with E-state index in [1.807, 2.05) is 17.9 Å². The minimum absolute atomic E-state index is 0. The Morgan fingerprint density at radius 1 is 1.62 bits per heavy atom. The van der Waals surface area contributed by atoms with Crippen molar-refractivity contribution in [1.82, 2.24) is 20.0 Å². The lowest BCUT2D eigenvalue weighted by Gasteiger charge is -2.32. The summed E-state index contributed by atoms with van der Waals surface area (Å²) in [5.41, 5.74) is 6.56. The minimum atomic E-state index is 0. The fraction of sp³-hybridized carbons (Fsp3) is 0.692. The summed E-state index contributed by atoms with van der Waals surface area (Å²) in [5, 5.41) is 7.11. The highest BCUT2D eigenvalue weighted by molar-refractivity contribution is 9.10. The van der Waals surface area contributed by atoms with Crippen LogP contribution < -0.4 is 11.1 Å². The van der Waals surface area contributed by atoms with Crippen LogP contribution in [-0.2, 0) is 18.4 Å². The number of amides is 1. The van der Waals surface area contributed by atoms with Gasteiger partial charge >= 0.3 is 0 Å². The van der Waals surface area contributed by atoms with E-state index in [4.69, 9.17) is 5.73 Å². The molecule has 0 radical (unpaired) electrons. The van der Waals surface area contributed by atoms with E-state index in [0.29, 0.717) is 13.1 Å². The molecular formula is C13H23BrClN5O. The van der Waals surface area contributed by atoms with Gasteiger partial charge in [-0.2, -0.15) is 5.10 Å². The molecule has 1 saturated heterocycles. The highest BCUT2D eigenvalue weighted by Crippen LogP contribution is 2.22. The summed E-state index contributed by atoms with van der Waals surface area (Å²) in [7, 11) is 1.94. The van der Waals surface area contributed by atoms with Crippen LogP contribution in [0, 0.1) is 5.92 Å². The molecule has 1 fully saturated rings. The van der Waals surface area contributed by atoms with Gasteiger partial charge in [0.15, 0.2) is 0 Å². The first kappa shape index (κ1) is 18.4. The zero-order valence-corrected chi connectivity index (χ0v) is 14.6. The monoisotopic (exact) mass is 379 g/mol. The molecule has 0 aromatic carbocycles. The second-order valence-electron chi connectivity index (χ2n) is 5.22. The normalized spacial score (nSPS) is 19.1. The highest BCUT2D eigenvalue weighted by atomic mass is 79.9. The van der Waals surface area contributed by atoms with Crippen LogP contribution in [0.15, 0.2) is 10.7 Å². The second kappa shape index (κ2) is 8.73. The molecule has 21 heavy (non-hydrogen) atoms. The Balaban J connectivity index is 0.00000220. The molecule has 0 spiro atoms. The predicted molar refractivity (Wildman–Crippen MR) is 88.2 cm³/mol. The number of carbonyl (C=O) groups is 1. The molecule has 6 nitrogen and oxygen atoms in total. The van der Waals surface area contributed by atoms with Crippen LogP contribution in [0.25, 0.3) is 0 Å². The Morgan fingerprint density at radius 2 is 2.38 bits per heavy atom. The molecule has 1 amide bonds. The van der Waals surface area contributed by atoms with Crippen LogP contribution in [0.4, 0.5) is 0 Å². The van der Waals surface area contributed by atoms with E-state index < -0.39 is 0 Å².